The van der Waals surface area contributed by atoms with Crippen LogP contribution in [0.5, 0.6) is 0 Å². The molecule has 0 aromatic carbocycles. The van der Waals surface area contributed by atoms with Crippen LogP contribution >= 0.6 is 0 Å². The third-order valence-electron chi connectivity index (χ3n) is 3.19. The van der Waals surface area contributed by atoms with Gasteiger partial charge in [-0.15, -0.1) is 0 Å². The first-order valence-corrected chi connectivity index (χ1v) is 6.60. The smallest absolute Gasteiger partial charge is 0.248 e. The molecule has 1 atom stereocenters. The van der Waals surface area contributed by atoms with Crippen molar-refractivity contribution in [2.75, 3.05) is 33.5 Å². The Labute approximate surface area is 114 Å². The highest BCUT2D eigenvalue weighted by Gasteiger charge is 2.42. The van der Waals surface area contributed by atoms with Crippen molar-refractivity contribution in [3.8, 4) is 0 Å². The fraction of sp³-hybridized carbons (Fsp3) is 0.846. The molecule has 1 N–H and O–H groups in total. The summed E-state index contributed by atoms with van der Waals surface area (Å²) in [5.41, 5.74) is -0.834. The van der Waals surface area contributed by atoms with E-state index < -0.39 is 11.6 Å². The predicted molar refractivity (Wildman–Crippen MR) is 70.7 cm³/mol. The van der Waals surface area contributed by atoms with Crippen LogP contribution in [0.1, 0.15) is 27.2 Å². The van der Waals surface area contributed by atoms with Crippen molar-refractivity contribution in [1.82, 2.24) is 10.2 Å². The molecule has 1 heterocycles. The average Bonchev–Trinajstić information content (AvgIpc) is 2.34. The monoisotopic (exact) mass is 272 g/mol. The van der Waals surface area contributed by atoms with E-state index in [2.05, 4.69) is 5.32 Å². The molecule has 110 valence electrons. The second-order valence-electron chi connectivity index (χ2n) is 5.25. The zero-order valence-corrected chi connectivity index (χ0v) is 12.2. The Morgan fingerprint density at radius 1 is 1.26 bits per heavy atom. The molecule has 0 radical (unpaired) electrons. The highest BCUT2D eigenvalue weighted by Crippen LogP contribution is 2.17. The molecule has 1 rings (SSSR count). The predicted octanol–water partition coefficient (Wildman–Crippen LogP) is 0.165. The van der Waals surface area contributed by atoms with Gasteiger partial charge in [-0.1, -0.05) is 0 Å². The van der Waals surface area contributed by atoms with E-state index in [-0.39, 0.29) is 11.8 Å². The van der Waals surface area contributed by atoms with E-state index in [1.807, 2.05) is 0 Å². The lowest BCUT2D eigenvalue weighted by Gasteiger charge is -2.41. The van der Waals surface area contributed by atoms with Crippen LogP contribution in [0.3, 0.4) is 0 Å². The molecule has 0 spiro atoms. The van der Waals surface area contributed by atoms with Crippen molar-refractivity contribution in [2.24, 2.45) is 0 Å². The van der Waals surface area contributed by atoms with Crippen molar-refractivity contribution in [1.29, 1.82) is 0 Å². The fourth-order valence-corrected chi connectivity index (χ4v) is 2.01. The Hall–Kier alpha value is -1.14. The fourth-order valence-electron chi connectivity index (χ4n) is 2.01. The van der Waals surface area contributed by atoms with Gasteiger partial charge in [0, 0.05) is 26.9 Å². The van der Waals surface area contributed by atoms with Gasteiger partial charge in [0.15, 0.2) is 0 Å². The van der Waals surface area contributed by atoms with Crippen LogP contribution in [0, 0.1) is 0 Å². The number of amides is 2. The number of rotatable bonds is 7. The number of carbonyl (C=O) groups excluding carboxylic acids is 2. The maximum absolute atomic E-state index is 12.2. The average molecular weight is 272 g/mol. The lowest BCUT2D eigenvalue weighted by Crippen LogP contribution is -2.67. The van der Waals surface area contributed by atoms with E-state index in [1.165, 1.54) is 0 Å². The van der Waals surface area contributed by atoms with Crippen molar-refractivity contribution < 1.29 is 19.1 Å². The van der Waals surface area contributed by atoms with Crippen molar-refractivity contribution in [3.63, 3.8) is 0 Å². The first-order chi connectivity index (χ1) is 8.90. The molecule has 2 amide bonds. The van der Waals surface area contributed by atoms with Gasteiger partial charge in [-0.2, -0.15) is 0 Å². The van der Waals surface area contributed by atoms with E-state index in [9.17, 15) is 9.59 Å². The van der Waals surface area contributed by atoms with E-state index in [0.717, 1.165) is 6.42 Å². The molecule has 0 aliphatic carbocycles. The molecular formula is C13H24N2O4. The van der Waals surface area contributed by atoms with Crippen LogP contribution in [-0.2, 0) is 19.1 Å². The second-order valence-corrected chi connectivity index (χ2v) is 5.25. The normalized spacial score (nSPS) is 22.5. The summed E-state index contributed by atoms with van der Waals surface area (Å²) < 4.78 is 10.3. The van der Waals surface area contributed by atoms with Gasteiger partial charge >= 0.3 is 0 Å². The summed E-state index contributed by atoms with van der Waals surface area (Å²) in [4.78, 5) is 25.6. The Balaban J connectivity index is 2.41. The Bertz CT molecular complexity index is 331. The molecule has 0 aromatic rings. The third kappa shape index (κ3) is 4.18. The van der Waals surface area contributed by atoms with Crippen molar-refractivity contribution >= 4 is 11.8 Å². The SMILES string of the molecule is COCCCOCCN1C(=O)C(C)(C)NC(=O)C1C. The topological polar surface area (TPSA) is 67.9 Å². The lowest BCUT2D eigenvalue weighted by molar-refractivity contribution is -0.153. The van der Waals surface area contributed by atoms with Gasteiger partial charge in [-0.05, 0) is 27.2 Å². The number of hydrogen-bond acceptors (Lipinski definition) is 4. The summed E-state index contributed by atoms with van der Waals surface area (Å²) in [5.74, 6) is -0.191. The summed E-state index contributed by atoms with van der Waals surface area (Å²) >= 11 is 0. The molecule has 0 aromatic heterocycles. The number of ether oxygens (including phenoxy) is 2. The molecule has 1 fully saturated rings. The molecule has 1 aliphatic heterocycles. The van der Waals surface area contributed by atoms with Gasteiger partial charge < -0.3 is 19.7 Å². The Morgan fingerprint density at radius 2 is 1.95 bits per heavy atom. The third-order valence-corrected chi connectivity index (χ3v) is 3.19. The zero-order valence-electron chi connectivity index (χ0n) is 12.2. The largest absolute Gasteiger partial charge is 0.385 e. The Morgan fingerprint density at radius 3 is 2.58 bits per heavy atom. The molecule has 1 saturated heterocycles. The van der Waals surface area contributed by atoms with Gasteiger partial charge in [0.2, 0.25) is 11.8 Å². The molecule has 6 nitrogen and oxygen atoms in total. The van der Waals surface area contributed by atoms with Crippen LogP contribution in [0.2, 0.25) is 0 Å². The van der Waals surface area contributed by atoms with Crippen LogP contribution in [0.25, 0.3) is 0 Å². The van der Waals surface area contributed by atoms with Gasteiger partial charge in [-0.3, -0.25) is 9.59 Å². The number of nitrogens with zero attached hydrogens (tertiary/aromatic N) is 1. The number of carbonyl (C=O) groups is 2. The minimum absolute atomic E-state index is 0.0694. The van der Waals surface area contributed by atoms with E-state index >= 15 is 0 Å². The summed E-state index contributed by atoms with van der Waals surface area (Å²) in [6, 6.07) is -0.442. The molecule has 6 heteroatoms. The number of hydrogen-bond donors (Lipinski definition) is 1. The summed E-state index contributed by atoms with van der Waals surface area (Å²) in [7, 11) is 1.65. The summed E-state index contributed by atoms with van der Waals surface area (Å²) in [6.07, 6.45) is 0.825. The van der Waals surface area contributed by atoms with Crippen LogP contribution < -0.4 is 5.32 Å². The molecule has 0 saturated carbocycles. The molecule has 1 aliphatic rings. The molecule has 0 bridgehead atoms. The highest BCUT2D eigenvalue weighted by molar-refractivity contribution is 5.99. The number of methoxy groups -OCH3 is 1. The van der Waals surface area contributed by atoms with Gasteiger partial charge in [0.1, 0.15) is 11.6 Å². The van der Waals surface area contributed by atoms with Crippen molar-refractivity contribution in [3.05, 3.63) is 0 Å². The Kier molecular flexibility index (Phi) is 5.75. The van der Waals surface area contributed by atoms with Crippen LogP contribution in [-0.4, -0.2) is 61.8 Å². The lowest BCUT2D eigenvalue weighted by atomic mass is 9.97. The van der Waals surface area contributed by atoms with E-state index in [0.29, 0.717) is 26.4 Å². The van der Waals surface area contributed by atoms with Gasteiger partial charge in [-0.25, -0.2) is 0 Å². The van der Waals surface area contributed by atoms with Gasteiger partial charge in [0.25, 0.3) is 0 Å². The molecular weight excluding hydrogens is 248 g/mol. The minimum atomic E-state index is -0.834. The maximum atomic E-state index is 12.2. The number of piperazine rings is 1. The highest BCUT2D eigenvalue weighted by atomic mass is 16.5. The van der Waals surface area contributed by atoms with Crippen molar-refractivity contribution in [2.45, 2.75) is 38.8 Å². The molecule has 1 unspecified atom stereocenters. The summed E-state index contributed by atoms with van der Waals surface area (Å²) in [5, 5.41) is 2.72. The van der Waals surface area contributed by atoms with E-state index in [1.54, 1.807) is 32.8 Å². The molecule has 19 heavy (non-hydrogen) atoms. The minimum Gasteiger partial charge on any atom is -0.385 e. The van der Waals surface area contributed by atoms with Gasteiger partial charge in [0.05, 0.1) is 6.61 Å². The standard InChI is InChI=1S/C13H24N2O4/c1-10-11(16)14-13(2,3)12(17)15(10)6-9-19-8-5-7-18-4/h10H,5-9H2,1-4H3,(H,14,16). The quantitative estimate of drug-likeness (QED) is 0.671. The first-order valence-electron chi connectivity index (χ1n) is 6.60. The van der Waals surface area contributed by atoms with Crippen LogP contribution in [0.15, 0.2) is 0 Å². The number of nitrogens with one attached hydrogen (secondary N) is 1. The first kappa shape index (κ1) is 15.9. The second kappa shape index (κ2) is 6.86. The van der Waals surface area contributed by atoms with E-state index in [4.69, 9.17) is 9.47 Å². The van der Waals surface area contributed by atoms with Crippen LogP contribution in [0.4, 0.5) is 0 Å². The maximum Gasteiger partial charge on any atom is 0.248 e. The summed E-state index contributed by atoms with van der Waals surface area (Å²) in [6.45, 7) is 7.28. The zero-order chi connectivity index (χ0) is 14.5.